The lowest BCUT2D eigenvalue weighted by Gasteiger charge is -2.37. The van der Waals surface area contributed by atoms with Crippen LogP contribution in [0.25, 0.3) is 16.6 Å². The topological polar surface area (TPSA) is 74.8 Å². The quantitative estimate of drug-likeness (QED) is 0.427. The van der Waals surface area contributed by atoms with Gasteiger partial charge in [-0.3, -0.25) is 4.98 Å². The first-order chi connectivity index (χ1) is 17.3. The van der Waals surface area contributed by atoms with E-state index >= 15 is 0 Å². The molecule has 0 fully saturated rings. The fraction of sp³-hybridized carbons (Fsp3) is 0.429. The van der Waals surface area contributed by atoms with Crippen molar-refractivity contribution in [3.63, 3.8) is 0 Å². The number of methoxy groups -OCH3 is 2. The van der Waals surface area contributed by atoms with Crippen LogP contribution in [0.5, 0.6) is 11.5 Å². The van der Waals surface area contributed by atoms with Crippen LogP contribution in [0.15, 0.2) is 48.8 Å². The van der Waals surface area contributed by atoms with Crippen LogP contribution in [0.4, 0.5) is 11.4 Å². The molecule has 2 heterocycles. The molecule has 2 N–H and O–H groups in total. The highest BCUT2D eigenvalue weighted by Crippen LogP contribution is 2.37. The highest BCUT2D eigenvalue weighted by Gasteiger charge is 2.26. The van der Waals surface area contributed by atoms with Crippen LogP contribution in [0.3, 0.4) is 0 Å². The monoisotopic (exact) mass is 490 g/mol. The number of ether oxygens (including phenoxy) is 2. The van der Waals surface area contributed by atoms with E-state index < -0.39 is 0 Å². The van der Waals surface area contributed by atoms with Crippen LogP contribution in [0.1, 0.15) is 33.4 Å². The summed E-state index contributed by atoms with van der Waals surface area (Å²) in [7, 11) is 5.34. The fourth-order valence-corrected chi connectivity index (χ4v) is 4.44. The second kappa shape index (κ2) is 11.1. The molecule has 1 unspecified atom stereocenters. The van der Waals surface area contributed by atoms with Crippen LogP contribution in [-0.4, -0.2) is 61.4 Å². The molecule has 36 heavy (non-hydrogen) atoms. The molecule has 0 aliphatic carbocycles. The molecule has 8 nitrogen and oxygen atoms in total. The number of benzene rings is 2. The van der Waals surface area contributed by atoms with Crippen LogP contribution >= 0.6 is 0 Å². The van der Waals surface area contributed by atoms with Crippen molar-refractivity contribution in [2.45, 2.75) is 39.8 Å². The molecule has 0 saturated heterocycles. The van der Waals surface area contributed by atoms with Crippen molar-refractivity contribution in [3.8, 4) is 11.5 Å². The number of rotatable bonds is 10. The Hall–Kier alpha value is -3.36. The van der Waals surface area contributed by atoms with Gasteiger partial charge < -0.3 is 24.7 Å². The molecule has 4 rings (SSSR count). The van der Waals surface area contributed by atoms with Crippen molar-refractivity contribution in [3.05, 3.63) is 54.5 Å². The second-order valence-corrected chi connectivity index (χ2v) is 9.84. The average molecular weight is 491 g/mol. The van der Waals surface area contributed by atoms with Gasteiger partial charge in [0, 0.05) is 73.6 Å². The number of nitrogens with one attached hydrogen (secondary N) is 2. The Morgan fingerprint density at radius 2 is 1.72 bits per heavy atom. The van der Waals surface area contributed by atoms with Crippen molar-refractivity contribution in [1.82, 2.24) is 25.7 Å². The van der Waals surface area contributed by atoms with Gasteiger partial charge in [-0.25, -0.2) is 10.4 Å². The Bertz CT molecular complexity index is 1200. The van der Waals surface area contributed by atoms with Crippen molar-refractivity contribution in [2.24, 2.45) is 5.92 Å². The maximum atomic E-state index is 5.61. The number of fused-ring (bicyclic) bond motifs is 1. The van der Waals surface area contributed by atoms with Crippen LogP contribution in [0, 0.1) is 5.92 Å². The normalized spacial score (nSPS) is 14.5. The Morgan fingerprint density at radius 3 is 2.31 bits per heavy atom. The first-order valence-corrected chi connectivity index (χ1v) is 12.5. The van der Waals surface area contributed by atoms with Gasteiger partial charge in [-0.1, -0.05) is 27.7 Å². The first-order valence-electron chi connectivity index (χ1n) is 12.5. The predicted molar refractivity (Wildman–Crippen MR) is 147 cm³/mol. The van der Waals surface area contributed by atoms with Gasteiger partial charge in [0.2, 0.25) is 0 Å². The third kappa shape index (κ3) is 5.71. The van der Waals surface area contributed by atoms with Gasteiger partial charge in [0.25, 0.3) is 0 Å². The van der Waals surface area contributed by atoms with Crippen LogP contribution in [-0.2, 0) is 0 Å². The summed E-state index contributed by atoms with van der Waals surface area (Å²) in [5.74, 6) is 1.87. The third-order valence-corrected chi connectivity index (χ3v) is 6.45. The van der Waals surface area contributed by atoms with E-state index in [9.17, 15) is 0 Å². The minimum atomic E-state index is 0.174. The standard InChI is InChI=1S/C28H38N6O2/c1-18(2)28(16-29-19(3)4)34(22-10-23(35-6)13-24(11-22)36-7)21-8-9-25-26(12-21)32-27(15-30-25)20-14-31-33(5)17-20/h8-13,15,17-19,28-29,31H,14,16H2,1-7H3. The summed E-state index contributed by atoms with van der Waals surface area (Å²) in [5.41, 5.74) is 9.05. The van der Waals surface area contributed by atoms with E-state index in [2.05, 4.69) is 73.8 Å². The van der Waals surface area contributed by atoms with Crippen molar-refractivity contribution >= 4 is 28.0 Å². The molecule has 1 aliphatic rings. The summed E-state index contributed by atoms with van der Waals surface area (Å²) in [6, 6.07) is 12.9. The van der Waals surface area contributed by atoms with Gasteiger partial charge in [-0.15, -0.1) is 0 Å². The number of aromatic nitrogens is 2. The smallest absolute Gasteiger partial charge is 0.124 e. The lowest BCUT2D eigenvalue weighted by Crippen LogP contribution is -2.45. The summed E-state index contributed by atoms with van der Waals surface area (Å²) in [6.07, 6.45) is 3.91. The zero-order valence-corrected chi connectivity index (χ0v) is 22.4. The molecule has 0 spiro atoms. The molecule has 8 heteroatoms. The average Bonchev–Trinajstić information content (AvgIpc) is 3.31. The second-order valence-electron chi connectivity index (χ2n) is 9.84. The molecule has 0 radical (unpaired) electrons. The van der Waals surface area contributed by atoms with Gasteiger partial charge in [0.1, 0.15) is 11.5 Å². The Kier molecular flexibility index (Phi) is 7.96. The van der Waals surface area contributed by atoms with E-state index in [1.807, 2.05) is 30.4 Å². The highest BCUT2D eigenvalue weighted by molar-refractivity contribution is 5.83. The summed E-state index contributed by atoms with van der Waals surface area (Å²) < 4.78 is 11.2. The molecule has 3 aromatic rings. The lowest BCUT2D eigenvalue weighted by atomic mass is 9.99. The minimum Gasteiger partial charge on any atom is -0.497 e. The number of hydrogen-bond donors (Lipinski definition) is 2. The van der Waals surface area contributed by atoms with Gasteiger partial charge in [0.15, 0.2) is 0 Å². The fourth-order valence-electron chi connectivity index (χ4n) is 4.44. The Balaban J connectivity index is 1.84. The van der Waals surface area contributed by atoms with Gasteiger partial charge >= 0.3 is 0 Å². The van der Waals surface area contributed by atoms with Crippen LogP contribution < -0.4 is 25.1 Å². The number of hydrogen-bond acceptors (Lipinski definition) is 8. The number of anilines is 2. The number of nitrogens with zero attached hydrogens (tertiary/aromatic N) is 4. The Morgan fingerprint density at radius 1 is 1.00 bits per heavy atom. The summed E-state index contributed by atoms with van der Waals surface area (Å²) in [5, 5.41) is 5.59. The molecule has 0 amide bonds. The maximum absolute atomic E-state index is 5.61. The molecule has 1 aromatic heterocycles. The third-order valence-electron chi connectivity index (χ3n) is 6.45. The molecular formula is C28H38N6O2. The van der Waals surface area contributed by atoms with E-state index in [-0.39, 0.29) is 6.04 Å². The summed E-state index contributed by atoms with van der Waals surface area (Å²) in [6.45, 7) is 10.4. The van der Waals surface area contributed by atoms with Crippen molar-refractivity contribution in [1.29, 1.82) is 0 Å². The minimum absolute atomic E-state index is 0.174. The SMILES string of the molecule is COc1cc(OC)cc(N(c2ccc3ncc(C4=CN(C)NC4)nc3c2)C(CNC(C)C)C(C)C)c1. The zero-order chi connectivity index (χ0) is 25.8. The molecule has 0 bridgehead atoms. The van der Waals surface area contributed by atoms with E-state index in [1.54, 1.807) is 14.2 Å². The first kappa shape index (κ1) is 25.7. The van der Waals surface area contributed by atoms with Gasteiger partial charge in [-0.05, 0) is 24.1 Å². The molecule has 192 valence electrons. The molecule has 0 saturated carbocycles. The van der Waals surface area contributed by atoms with Crippen molar-refractivity contribution in [2.75, 3.05) is 39.3 Å². The van der Waals surface area contributed by atoms with Crippen LogP contribution in [0.2, 0.25) is 0 Å². The maximum Gasteiger partial charge on any atom is 0.124 e. The molecular weight excluding hydrogens is 452 g/mol. The Labute approximate surface area is 214 Å². The van der Waals surface area contributed by atoms with Gasteiger partial charge in [-0.2, -0.15) is 0 Å². The zero-order valence-electron chi connectivity index (χ0n) is 22.4. The molecule has 2 aromatic carbocycles. The lowest BCUT2D eigenvalue weighted by molar-refractivity contribution is 0.374. The van der Waals surface area contributed by atoms with E-state index in [1.165, 1.54) is 0 Å². The molecule has 1 atom stereocenters. The van der Waals surface area contributed by atoms with Gasteiger partial charge in [0.05, 0.1) is 37.1 Å². The molecule has 1 aliphatic heterocycles. The van der Waals surface area contributed by atoms with E-state index in [4.69, 9.17) is 19.4 Å². The van der Waals surface area contributed by atoms with E-state index in [0.717, 1.165) is 58.3 Å². The largest absolute Gasteiger partial charge is 0.497 e. The number of hydrazine groups is 1. The predicted octanol–water partition coefficient (Wildman–Crippen LogP) is 4.60. The summed E-state index contributed by atoms with van der Waals surface area (Å²) in [4.78, 5) is 12.0. The van der Waals surface area contributed by atoms with Crippen molar-refractivity contribution < 1.29 is 9.47 Å². The van der Waals surface area contributed by atoms with E-state index in [0.29, 0.717) is 12.0 Å². The summed E-state index contributed by atoms with van der Waals surface area (Å²) >= 11 is 0. The highest BCUT2D eigenvalue weighted by atomic mass is 16.5.